The minimum atomic E-state index is 0.293. The molecule has 0 unspecified atom stereocenters. The molecule has 3 aromatic rings. The Labute approximate surface area is 124 Å². The van der Waals surface area contributed by atoms with Crippen LogP contribution in [0.5, 0.6) is 11.5 Å². The van der Waals surface area contributed by atoms with Crippen LogP contribution >= 0.6 is 0 Å². The number of hydrogen-bond acceptors (Lipinski definition) is 2. The number of aromatic nitrogens is 1. The SMILES string of the molecule is CCn1c(COc2cccc(C)c2)cc2cc(O)ccc21. The van der Waals surface area contributed by atoms with Crippen molar-refractivity contribution in [1.82, 2.24) is 4.57 Å². The fourth-order valence-electron chi connectivity index (χ4n) is 2.67. The van der Waals surface area contributed by atoms with Crippen molar-refractivity contribution in [3.05, 3.63) is 59.8 Å². The van der Waals surface area contributed by atoms with Crippen molar-refractivity contribution in [3.8, 4) is 11.5 Å². The summed E-state index contributed by atoms with van der Waals surface area (Å²) in [5.74, 6) is 1.17. The Bertz CT molecular complexity index is 774. The predicted molar refractivity (Wildman–Crippen MR) is 84.8 cm³/mol. The van der Waals surface area contributed by atoms with E-state index >= 15 is 0 Å². The van der Waals surface area contributed by atoms with Crippen molar-refractivity contribution in [2.75, 3.05) is 0 Å². The lowest BCUT2D eigenvalue weighted by atomic mass is 10.2. The molecule has 21 heavy (non-hydrogen) atoms. The maximum Gasteiger partial charge on any atom is 0.128 e. The number of phenols is 1. The van der Waals surface area contributed by atoms with E-state index in [0.29, 0.717) is 12.4 Å². The van der Waals surface area contributed by atoms with Gasteiger partial charge in [0.1, 0.15) is 18.1 Å². The van der Waals surface area contributed by atoms with E-state index in [1.54, 1.807) is 12.1 Å². The highest BCUT2D eigenvalue weighted by atomic mass is 16.5. The molecule has 0 aliphatic carbocycles. The molecule has 1 heterocycles. The molecule has 0 radical (unpaired) electrons. The summed E-state index contributed by atoms with van der Waals surface area (Å²) in [7, 11) is 0. The molecule has 0 atom stereocenters. The number of aryl methyl sites for hydroxylation is 2. The molecule has 3 heteroatoms. The maximum atomic E-state index is 9.60. The third-order valence-electron chi connectivity index (χ3n) is 3.66. The van der Waals surface area contributed by atoms with Crippen LogP contribution in [-0.2, 0) is 13.2 Å². The second kappa shape index (κ2) is 5.52. The molecule has 0 aliphatic rings. The highest BCUT2D eigenvalue weighted by Gasteiger charge is 2.09. The molecule has 1 aromatic heterocycles. The van der Waals surface area contributed by atoms with Gasteiger partial charge in [-0.15, -0.1) is 0 Å². The molecule has 1 N–H and O–H groups in total. The fraction of sp³-hybridized carbons (Fsp3) is 0.222. The molecule has 2 aromatic carbocycles. The van der Waals surface area contributed by atoms with Gasteiger partial charge in [-0.2, -0.15) is 0 Å². The average Bonchev–Trinajstić information content (AvgIpc) is 2.81. The summed E-state index contributed by atoms with van der Waals surface area (Å²) in [5.41, 5.74) is 3.42. The summed E-state index contributed by atoms with van der Waals surface area (Å²) in [5, 5.41) is 10.6. The van der Waals surface area contributed by atoms with Crippen molar-refractivity contribution in [3.63, 3.8) is 0 Å². The molecule has 0 saturated heterocycles. The lowest BCUT2D eigenvalue weighted by Gasteiger charge is -2.10. The number of phenolic OH excluding ortho intramolecular Hbond substituents is 1. The van der Waals surface area contributed by atoms with Gasteiger partial charge < -0.3 is 14.4 Å². The first kappa shape index (κ1) is 13.6. The Morgan fingerprint density at radius 3 is 2.71 bits per heavy atom. The van der Waals surface area contributed by atoms with E-state index < -0.39 is 0 Å². The summed E-state index contributed by atoms with van der Waals surface area (Å²) in [4.78, 5) is 0. The van der Waals surface area contributed by atoms with Gasteiger partial charge in [0.05, 0.1) is 5.69 Å². The Hall–Kier alpha value is -2.42. The Morgan fingerprint density at radius 2 is 1.95 bits per heavy atom. The number of benzene rings is 2. The molecule has 3 nitrogen and oxygen atoms in total. The van der Waals surface area contributed by atoms with Crippen LogP contribution < -0.4 is 4.74 Å². The standard InChI is InChI=1S/C18H19NO2/c1-3-19-15(10-14-11-16(20)7-8-18(14)19)12-21-17-6-4-5-13(2)9-17/h4-11,20H,3,12H2,1-2H3. The molecule has 0 fully saturated rings. The number of hydrogen-bond donors (Lipinski definition) is 1. The Balaban J connectivity index is 1.89. The van der Waals surface area contributed by atoms with Crippen LogP contribution in [0, 0.1) is 6.92 Å². The zero-order chi connectivity index (χ0) is 14.8. The van der Waals surface area contributed by atoms with Crippen LogP contribution in [-0.4, -0.2) is 9.67 Å². The van der Waals surface area contributed by atoms with E-state index in [2.05, 4.69) is 30.5 Å². The maximum absolute atomic E-state index is 9.60. The molecule has 3 rings (SSSR count). The van der Waals surface area contributed by atoms with Crippen molar-refractivity contribution in [2.24, 2.45) is 0 Å². The zero-order valence-electron chi connectivity index (χ0n) is 12.3. The largest absolute Gasteiger partial charge is 0.508 e. The van der Waals surface area contributed by atoms with Gasteiger partial charge in [0.15, 0.2) is 0 Å². The minimum absolute atomic E-state index is 0.293. The third-order valence-corrected chi connectivity index (χ3v) is 3.66. The monoisotopic (exact) mass is 281 g/mol. The van der Waals surface area contributed by atoms with Crippen LogP contribution in [0.25, 0.3) is 10.9 Å². The highest BCUT2D eigenvalue weighted by molar-refractivity contribution is 5.82. The molecule has 0 spiro atoms. The molecule has 0 saturated carbocycles. The quantitative estimate of drug-likeness (QED) is 0.775. The average molecular weight is 281 g/mol. The van der Waals surface area contributed by atoms with E-state index in [1.807, 2.05) is 24.3 Å². The topological polar surface area (TPSA) is 34.4 Å². The fourth-order valence-corrected chi connectivity index (χ4v) is 2.67. The molecule has 0 amide bonds. The van der Waals surface area contributed by atoms with Crippen molar-refractivity contribution >= 4 is 10.9 Å². The minimum Gasteiger partial charge on any atom is -0.508 e. The zero-order valence-corrected chi connectivity index (χ0v) is 12.3. The smallest absolute Gasteiger partial charge is 0.128 e. The number of fused-ring (bicyclic) bond motifs is 1. The number of rotatable bonds is 4. The third kappa shape index (κ3) is 2.72. The first-order valence-corrected chi connectivity index (χ1v) is 7.18. The van der Waals surface area contributed by atoms with Gasteiger partial charge in [0, 0.05) is 17.4 Å². The summed E-state index contributed by atoms with van der Waals surface area (Å²) in [6.07, 6.45) is 0. The second-order valence-electron chi connectivity index (χ2n) is 5.23. The van der Waals surface area contributed by atoms with Gasteiger partial charge >= 0.3 is 0 Å². The van der Waals surface area contributed by atoms with Gasteiger partial charge in [-0.05, 0) is 55.8 Å². The number of nitrogens with zero attached hydrogens (tertiary/aromatic N) is 1. The van der Waals surface area contributed by atoms with Gasteiger partial charge in [-0.25, -0.2) is 0 Å². The first-order valence-electron chi connectivity index (χ1n) is 7.18. The van der Waals surface area contributed by atoms with E-state index in [4.69, 9.17) is 4.74 Å². The van der Waals surface area contributed by atoms with Crippen LogP contribution in [0.15, 0.2) is 48.5 Å². The van der Waals surface area contributed by atoms with Crippen LogP contribution in [0.1, 0.15) is 18.2 Å². The summed E-state index contributed by atoms with van der Waals surface area (Å²) in [6.45, 7) is 5.56. The summed E-state index contributed by atoms with van der Waals surface area (Å²) < 4.78 is 8.10. The second-order valence-corrected chi connectivity index (χ2v) is 5.23. The van der Waals surface area contributed by atoms with Gasteiger partial charge in [0.2, 0.25) is 0 Å². The summed E-state index contributed by atoms with van der Waals surface area (Å²) in [6, 6.07) is 15.6. The van der Waals surface area contributed by atoms with Crippen LogP contribution in [0.3, 0.4) is 0 Å². The van der Waals surface area contributed by atoms with Crippen molar-refractivity contribution in [1.29, 1.82) is 0 Å². The van der Waals surface area contributed by atoms with Crippen LogP contribution in [0.4, 0.5) is 0 Å². The summed E-state index contributed by atoms with van der Waals surface area (Å²) >= 11 is 0. The molecular weight excluding hydrogens is 262 g/mol. The normalized spacial score (nSPS) is 11.0. The Morgan fingerprint density at radius 1 is 1.10 bits per heavy atom. The van der Waals surface area contributed by atoms with E-state index in [-0.39, 0.29) is 0 Å². The lowest BCUT2D eigenvalue weighted by Crippen LogP contribution is -2.04. The van der Waals surface area contributed by atoms with Gasteiger partial charge in [-0.3, -0.25) is 0 Å². The van der Waals surface area contributed by atoms with E-state index in [1.165, 1.54) is 5.56 Å². The molecular formula is C18H19NO2. The first-order chi connectivity index (χ1) is 10.2. The molecule has 108 valence electrons. The number of ether oxygens (including phenoxy) is 1. The van der Waals surface area contributed by atoms with Crippen molar-refractivity contribution in [2.45, 2.75) is 27.0 Å². The predicted octanol–water partition coefficient (Wildman–Crippen LogP) is 4.25. The number of aromatic hydroxyl groups is 1. The van der Waals surface area contributed by atoms with Crippen molar-refractivity contribution < 1.29 is 9.84 Å². The van der Waals surface area contributed by atoms with E-state index in [9.17, 15) is 5.11 Å². The lowest BCUT2D eigenvalue weighted by molar-refractivity contribution is 0.296. The van der Waals surface area contributed by atoms with Gasteiger partial charge in [0.25, 0.3) is 0 Å². The molecule has 0 bridgehead atoms. The molecule has 0 aliphatic heterocycles. The van der Waals surface area contributed by atoms with Crippen LogP contribution in [0.2, 0.25) is 0 Å². The Kier molecular flexibility index (Phi) is 3.57. The highest BCUT2D eigenvalue weighted by Crippen LogP contribution is 2.25. The van der Waals surface area contributed by atoms with Gasteiger partial charge in [-0.1, -0.05) is 12.1 Å². The van der Waals surface area contributed by atoms with E-state index in [0.717, 1.165) is 28.9 Å².